The van der Waals surface area contributed by atoms with Gasteiger partial charge in [0.2, 0.25) is 0 Å². The minimum atomic E-state index is 0.552. The van der Waals surface area contributed by atoms with Crippen LogP contribution in [-0.2, 0) is 0 Å². The highest BCUT2D eigenvalue weighted by Gasteiger charge is 2.05. The second kappa shape index (κ2) is 8.87. The van der Waals surface area contributed by atoms with Crippen LogP contribution in [0.15, 0.2) is 66.7 Å². The van der Waals surface area contributed by atoms with Crippen molar-refractivity contribution in [1.82, 2.24) is 0 Å². The monoisotopic (exact) mass is 354 g/mol. The molecule has 0 atom stereocenters. The number of hydrogen-bond donors (Lipinski definition) is 0. The number of benzene rings is 3. The Morgan fingerprint density at radius 1 is 0.963 bits per heavy atom. The molecule has 0 saturated heterocycles. The summed E-state index contributed by atoms with van der Waals surface area (Å²) in [5.74, 6) is 7.06. The van der Waals surface area contributed by atoms with E-state index in [0.29, 0.717) is 17.9 Å². The van der Waals surface area contributed by atoms with E-state index in [1.807, 2.05) is 49.4 Å². The Morgan fingerprint density at radius 3 is 2.52 bits per heavy atom. The SMILES string of the molecule is CCCOc1cc(C#Cc2cccc(-c3ccccc3)c2C)ccc1C=O. The van der Waals surface area contributed by atoms with Crippen LogP contribution in [0.25, 0.3) is 11.1 Å². The molecule has 3 aromatic rings. The Labute approximate surface area is 160 Å². The maximum atomic E-state index is 11.2. The van der Waals surface area contributed by atoms with Gasteiger partial charge in [-0.3, -0.25) is 4.79 Å². The summed E-state index contributed by atoms with van der Waals surface area (Å²) < 4.78 is 5.67. The first-order valence-corrected chi connectivity index (χ1v) is 9.12. The van der Waals surface area contributed by atoms with Crippen molar-refractivity contribution in [2.24, 2.45) is 0 Å². The zero-order chi connectivity index (χ0) is 19.1. The molecule has 0 spiro atoms. The van der Waals surface area contributed by atoms with E-state index in [-0.39, 0.29) is 0 Å². The number of rotatable bonds is 5. The highest BCUT2D eigenvalue weighted by Crippen LogP contribution is 2.25. The molecule has 0 N–H and O–H groups in total. The van der Waals surface area contributed by atoms with E-state index in [4.69, 9.17) is 4.74 Å². The molecule has 0 fully saturated rings. The Hall–Kier alpha value is -3.31. The zero-order valence-electron chi connectivity index (χ0n) is 15.7. The van der Waals surface area contributed by atoms with Gasteiger partial charge in [-0.1, -0.05) is 61.2 Å². The van der Waals surface area contributed by atoms with Gasteiger partial charge in [0.25, 0.3) is 0 Å². The van der Waals surface area contributed by atoms with Gasteiger partial charge in [-0.05, 0) is 54.3 Å². The van der Waals surface area contributed by atoms with E-state index >= 15 is 0 Å². The van der Waals surface area contributed by atoms with Crippen molar-refractivity contribution in [1.29, 1.82) is 0 Å². The molecule has 2 heteroatoms. The normalized spacial score (nSPS) is 10.0. The summed E-state index contributed by atoms with van der Waals surface area (Å²) in [6.45, 7) is 4.71. The van der Waals surface area contributed by atoms with E-state index in [9.17, 15) is 4.79 Å². The summed E-state index contributed by atoms with van der Waals surface area (Å²) in [6, 6.07) is 21.9. The summed E-state index contributed by atoms with van der Waals surface area (Å²) in [4.78, 5) is 11.2. The first-order chi connectivity index (χ1) is 13.2. The predicted molar refractivity (Wildman–Crippen MR) is 110 cm³/mol. The van der Waals surface area contributed by atoms with Crippen molar-refractivity contribution in [3.05, 3.63) is 89.0 Å². The molecule has 3 aromatic carbocycles. The molecule has 3 rings (SSSR count). The van der Waals surface area contributed by atoms with Crippen molar-refractivity contribution in [2.45, 2.75) is 20.3 Å². The lowest BCUT2D eigenvalue weighted by Gasteiger charge is -2.08. The van der Waals surface area contributed by atoms with Gasteiger partial charge in [-0.15, -0.1) is 0 Å². The Balaban J connectivity index is 1.93. The second-order valence-corrected chi connectivity index (χ2v) is 6.31. The van der Waals surface area contributed by atoms with Gasteiger partial charge >= 0.3 is 0 Å². The van der Waals surface area contributed by atoms with Crippen LogP contribution in [0.3, 0.4) is 0 Å². The largest absolute Gasteiger partial charge is 0.493 e. The molecule has 0 aromatic heterocycles. The average molecular weight is 354 g/mol. The summed E-state index contributed by atoms with van der Waals surface area (Å²) in [6.07, 6.45) is 1.70. The highest BCUT2D eigenvalue weighted by atomic mass is 16.5. The van der Waals surface area contributed by atoms with E-state index in [1.165, 1.54) is 11.1 Å². The van der Waals surface area contributed by atoms with Gasteiger partial charge in [0, 0.05) is 11.1 Å². The Kier molecular flexibility index (Phi) is 6.07. The van der Waals surface area contributed by atoms with E-state index in [0.717, 1.165) is 29.4 Å². The van der Waals surface area contributed by atoms with Gasteiger partial charge in [0.05, 0.1) is 12.2 Å². The molecule has 0 aliphatic heterocycles. The fourth-order valence-electron chi connectivity index (χ4n) is 2.89. The molecule has 0 heterocycles. The van der Waals surface area contributed by atoms with Crippen LogP contribution in [0, 0.1) is 18.8 Å². The molecule has 0 unspecified atom stereocenters. The number of aldehydes is 1. The quantitative estimate of drug-likeness (QED) is 0.436. The van der Waals surface area contributed by atoms with Crippen LogP contribution >= 0.6 is 0 Å². The molecule has 0 bridgehead atoms. The summed E-state index contributed by atoms with van der Waals surface area (Å²) in [5.41, 5.74) is 5.90. The Morgan fingerprint density at radius 2 is 1.78 bits per heavy atom. The third-order valence-electron chi connectivity index (χ3n) is 4.36. The lowest BCUT2D eigenvalue weighted by molar-refractivity contribution is 0.111. The molecule has 0 aliphatic carbocycles. The van der Waals surface area contributed by atoms with Crippen LogP contribution < -0.4 is 4.74 Å². The van der Waals surface area contributed by atoms with Crippen molar-refractivity contribution >= 4 is 6.29 Å². The molecular formula is C25H22O2. The van der Waals surface area contributed by atoms with Gasteiger partial charge in [0.1, 0.15) is 5.75 Å². The number of ether oxygens (including phenoxy) is 1. The third-order valence-corrected chi connectivity index (χ3v) is 4.36. The second-order valence-electron chi connectivity index (χ2n) is 6.31. The molecule has 0 radical (unpaired) electrons. The molecule has 134 valence electrons. The lowest BCUT2D eigenvalue weighted by atomic mass is 9.96. The minimum Gasteiger partial charge on any atom is -0.493 e. The van der Waals surface area contributed by atoms with E-state index in [1.54, 1.807) is 6.07 Å². The molecule has 0 saturated carbocycles. The van der Waals surface area contributed by atoms with Gasteiger partial charge in [0.15, 0.2) is 6.29 Å². The van der Waals surface area contributed by atoms with Crippen LogP contribution in [0.4, 0.5) is 0 Å². The van der Waals surface area contributed by atoms with E-state index < -0.39 is 0 Å². The minimum absolute atomic E-state index is 0.552. The fourth-order valence-corrected chi connectivity index (χ4v) is 2.89. The summed E-state index contributed by atoms with van der Waals surface area (Å²) in [5, 5.41) is 0. The van der Waals surface area contributed by atoms with Crippen molar-refractivity contribution in [2.75, 3.05) is 6.61 Å². The maximum absolute atomic E-state index is 11.2. The Bertz CT molecular complexity index is 992. The first-order valence-electron chi connectivity index (χ1n) is 9.12. The predicted octanol–water partition coefficient (Wildman–Crippen LogP) is 5.66. The number of hydrogen-bond acceptors (Lipinski definition) is 2. The van der Waals surface area contributed by atoms with E-state index in [2.05, 4.69) is 37.0 Å². The molecule has 2 nitrogen and oxygen atoms in total. The summed E-state index contributed by atoms with van der Waals surface area (Å²) >= 11 is 0. The van der Waals surface area contributed by atoms with Crippen LogP contribution in [0.1, 0.15) is 40.4 Å². The van der Waals surface area contributed by atoms with Crippen molar-refractivity contribution in [3.63, 3.8) is 0 Å². The average Bonchev–Trinajstić information content (AvgIpc) is 2.72. The number of carbonyl (C=O) groups is 1. The van der Waals surface area contributed by atoms with Crippen LogP contribution in [-0.4, -0.2) is 12.9 Å². The maximum Gasteiger partial charge on any atom is 0.153 e. The lowest BCUT2D eigenvalue weighted by Crippen LogP contribution is -1.98. The highest BCUT2D eigenvalue weighted by molar-refractivity contribution is 5.80. The fraction of sp³-hybridized carbons (Fsp3) is 0.160. The van der Waals surface area contributed by atoms with Crippen LogP contribution in [0.5, 0.6) is 5.75 Å². The van der Waals surface area contributed by atoms with Crippen molar-refractivity contribution < 1.29 is 9.53 Å². The topological polar surface area (TPSA) is 26.3 Å². The third kappa shape index (κ3) is 4.46. The molecular weight excluding hydrogens is 332 g/mol. The van der Waals surface area contributed by atoms with Gasteiger partial charge < -0.3 is 4.74 Å². The molecule has 0 aliphatic rings. The smallest absolute Gasteiger partial charge is 0.153 e. The van der Waals surface area contributed by atoms with Gasteiger partial charge in [-0.25, -0.2) is 0 Å². The van der Waals surface area contributed by atoms with Crippen molar-refractivity contribution in [3.8, 4) is 28.7 Å². The van der Waals surface area contributed by atoms with Crippen LogP contribution in [0.2, 0.25) is 0 Å². The molecule has 27 heavy (non-hydrogen) atoms. The standard InChI is InChI=1S/C25H22O2/c1-3-16-27-25-17-20(13-15-23(25)18-26)12-14-21-10-7-11-24(19(21)2)22-8-5-4-6-9-22/h4-11,13,15,17-18H,3,16H2,1-2H3. The first kappa shape index (κ1) is 18.5. The van der Waals surface area contributed by atoms with Gasteiger partial charge in [-0.2, -0.15) is 0 Å². The number of carbonyl (C=O) groups excluding carboxylic acids is 1. The zero-order valence-corrected chi connectivity index (χ0v) is 15.7. The molecule has 0 amide bonds. The summed E-state index contributed by atoms with van der Waals surface area (Å²) in [7, 11) is 0.